The van der Waals surface area contributed by atoms with Crippen LogP contribution in [0.3, 0.4) is 0 Å². The number of aromatic nitrogens is 2. The maximum Gasteiger partial charge on any atom is 0.257 e. The Morgan fingerprint density at radius 1 is 1.16 bits per heavy atom. The second-order valence-corrected chi connectivity index (χ2v) is 5.54. The van der Waals surface area contributed by atoms with Gasteiger partial charge in [-0.2, -0.15) is 4.98 Å². The number of para-hydroxylation sites is 1. The molecule has 0 atom stereocenters. The van der Waals surface area contributed by atoms with Crippen molar-refractivity contribution in [3.05, 3.63) is 60.4 Å². The highest BCUT2D eigenvalue weighted by Gasteiger charge is 2.08. The third-order valence-electron chi connectivity index (χ3n) is 3.48. The number of hydrogen-bond donors (Lipinski definition) is 1. The summed E-state index contributed by atoms with van der Waals surface area (Å²) >= 11 is 0. The first kappa shape index (κ1) is 16.7. The number of carbonyl (C=O) groups excluding carboxylic acids is 1. The van der Waals surface area contributed by atoms with Crippen molar-refractivity contribution >= 4 is 11.6 Å². The summed E-state index contributed by atoms with van der Waals surface area (Å²) in [6.07, 6.45) is 1.03. The SMILES string of the molecule is Cc1noc(-c2cccc(NC(=O)CCCOc3ccccc3)c2)n1. The summed E-state index contributed by atoms with van der Waals surface area (Å²) in [6.45, 7) is 2.26. The van der Waals surface area contributed by atoms with Gasteiger partial charge in [0, 0.05) is 17.7 Å². The molecule has 2 aromatic carbocycles. The Labute approximate surface area is 145 Å². The molecule has 0 aliphatic carbocycles. The number of hydrogen-bond acceptors (Lipinski definition) is 5. The highest BCUT2D eigenvalue weighted by molar-refractivity contribution is 5.91. The van der Waals surface area contributed by atoms with Gasteiger partial charge in [-0.15, -0.1) is 0 Å². The molecule has 6 nitrogen and oxygen atoms in total. The molecule has 0 bridgehead atoms. The molecule has 1 aromatic heterocycles. The van der Waals surface area contributed by atoms with E-state index < -0.39 is 0 Å². The van der Waals surface area contributed by atoms with Gasteiger partial charge in [0.1, 0.15) is 5.75 Å². The minimum Gasteiger partial charge on any atom is -0.494 e. The molecule has 0 saturated carbocycles. The average molecular weight is 337 g/mol. The lowest BCUT2D eigenvalue weighted by Gasteiger charge is -2.07. The highest BCUT2D eigenvalue weighted by atomic mass is 16.5. The Bertz CT molecular complexity index is 831. The van der Waals surface area contributed by atoms with Crippen LogP contribution in [0.5, 0.6) is 5.75 Å². The topological polar surface area (TPSA) is 77.2 Å². The van der Waals surface area contributed by atoms with Crippen molar-refractivity contribution in [1.82, 2.24) is 10.1 Å². The van der Waals surface area contributed by atoms with Crippen molar-refractivity contribution < 1.29 is 14.1 Å². The van der Waals surface area contributed by atoms with Crippen LogP contribution in [-0.4, -0.2) is 22.7 Å². The number of amides is 1. The summed E-state index contributed by atoms with van der Waals surface area (Å²) in [5.41, 5.74) is 1.47. The van der Waals surface area contributed by atoms with E-state index in [1.165, 1.54) is 0 Å². The summed E-state index contributed by atoms with van der Waals surface area (Å²) in [6, 6.07) is 16.9. The lowest BCUT2D eigenvalue weighted by atomic mass is 10.2. The van der Waals surface area contributed by atoms with Gasteiger partial charge in [0.25, 0.3) is 5.89 Å². The van der Waals surface area contributed by atoms with Crippen LogP contribution >= 0.6 is 0 Å². The van der Waals surface area contributed by atoms with E-state index in [9.17, 15) is 4.79 Å². The molecule has 25 heavy (non-hydrogen) atoms. The zero-order chi connectivity index (χ0) is 17.5. The summed E-state index contributed by atoms with van der Waals surface area (Å²) in [5.74, 6) is 1.76. The first-order valence-corrected chi connectivity index (χ1v) is 8.09. The third kappa shape index (κ3) is 4.91. The number of aryl methyl sites for hydroxylation is 1. The van der Waals surface area contributed by atoms with E-state index in [0.29, 0.717) is 36.9 Å². The Kier molecular flexibility index (Phi) is 5.41. The number of benzene rings is 2. The predicted molar refractivity (Wildman–Crippen MR) is 94.3 cm³/mol. The third-order valence-corrected chi connectivity index (χ3v) is 3.48. The fraction of sp³-hybridized carbons (Fsp3) is 0.211. The molecule has 0 radical (unpaired) electrons. The van der Waals surface area contributed by atoms with E-state index in [-0.39, 0.29) is 5.91 Å². The van der Waals surface area contributed by atoms with Crippen LogP contribution in [0.4, 0.5) is 5.69 Å². The van der Waals surface area contributed by atoms with Crippen LogP contribution < -0.4 is 10.1 Å². The van der Waals surface area contributed by atoms with Gasteiger partial charge in [0.15, 0.2) is 5.82 Å². The zero-order valence-electron chi connectivity index (χ0n) is 13.9. The molecule has 0 spiro atoms. The minimum atomic E-state index is -0.0597. The molecule has 0 unspecified atom stereocenters. The second-order valence-electron chi connectivity index (χ2n) is 5.54. The monoisotopic (exact) mass is 337 g/mol. The molecule has 6 heteroatoms. The lowest BCUT2D eigenvalue weighted by molar-refractivity contribution is -0.116. The number of ether oxygens (including phenoxy) is 1. The van der Waals surface area contributed by atoms with E-state index >= 15 is 0 Å². The van der Waals surface area contributed by atoms with Crippen LogP contribution in [0.1, 0.15) is 18.7 Å². The Hall–Kier alpha value is -3.15. The molecule has 3 rings (SSSR count). The van der Waals surface area contributed by atoms with Gasteiger partial charge in [-0.05, 0) is 43.7 Å². The number of carbonyl (C=O) groups is 1. The van der Waals surface area contributed by atoms with Crippen LogP contribution in [0.2, 0.25) is 0 Å². The quantitative estimate of drug-likeness (QED) is 0.663. The second kappa shape index (κ2) is 8.10. The minimum absolute atomic E-state index is 0.0597. The molecule has 0 saturated heterocycles. The van der Waals surface area contributed by atoms with E-state index in [2.05, 4.69) is 15.5 Å². The first-order valence-electron chi connectivity index (χ1n) is 8.09. The highest BCUT2D eigenvalue weighted by Crippen LogP contribution is 2.21. The Balaban J connectivity index is 1.48. The fourth-order valence-corrected chi connectivity index (χ4v) is 2.31. The first-order chi connectivity index (χ1) is 12.2. The van der Waals surface area contributed by atoms with Gasteiger partial charge < -0.3 is 14.6 Å². The number of nitrogens with one attached hydrogen (secondary N) is 1. The molecular weight excluding hydrogens is 318 g/mol. The van der Waals surface area contributed by atoms with Crippen molar-refractivity contribution in [1.29, 1.82) is 0 Å². The van der Waals surface area contributed by atoms with Crippen molar-refractivity contribution in [2.45, 2.75) is 19.8 Å². The van der Waals surface area contributed by atoms with Crippen molar-refractivity contribution in [2.24, 2.45) is 0 Å². The van der Waals surface area contributed by atoms with Gasteiger partial charge in [-0.3, -0.25) is 4.79 Å². The Morgan fingerprint density at radius 3 is 2.76 bits per heavy atom. The number of anilines is 1. The van der Waals surface area contributed by atoms with Gasteiger partial charge in [0.2, 0.25) is 5.91 Å². The van der Waals surface area contributed by atoms with Crippen molar-refractivity contribution in [3.8, 4) is 17.2 Å². The molecule has 1 heterocycles. The molecule has 1 N–H and O–H groups in total. The van der Waals surface area contributed by atoms with E-state index in [4.69, 9.17) is 9.26 Å². The standard InChI is InChI=1S/C19H19N3O3/c1-14-20-19(25-22-14)15-7-5-8-16(13-15)21-18(23)11-6-12-24-17-9-3-2-4-10-17/h2-5,7-10,13H,6,11-12H2,1H3,(H,21,23). The molecule has 0 aliphatic rings. The van der Waals surface area contributed by atoms with Crippen LogP contribution in [0.25, 0.3) is 11.5 Å². The largest absolute Gasteiger partial charge is 0.494 e. The van der Waals surface area contributed by atoms with Gasteiger partial charge in [0.05, 0.1) is 6.61 Å². The van der Waals surface area contributed by atoms with Gasteiger partial charge in [-0.25, -0.2) is 0 Å². The maximum atomic E-state index is 12.1. The fourth-order valence-electron chi connectivity index (χ4n) is 2.31. The van der Waals surface area contributed by atoms with Crippen molar-refractivity contribution in [2.75, 3.05) is 11.9 Å². The zero-order valence-corrected chi connectivity index (χ0v) is 13.9. The molecule has 3 aromatic rings. The summed E-state index contributed by atoms with van der Waals surface area (Å²) in [7, 11) is 0. The summed E-state index contributed by atoms with van der Waals surface area (Å²) in [5, 5.41) is 6.64. The molecule has 1 amide bonds. The summed E-state index contributed by atoms with van der Waals surface area (Å²) < 4.78 is 10.7. The smallest absolute Gasteiger partial charge is 0.257 e. The lowest BCUT2D eigenvalue weighted by Crippen LogP contribution is -2.12. The van der Waals surface area contributed by atoms with E-state index in [1.807, 2.05) is 54.6 Å². The van der Waals surface area contributed by atoms with E-state index in [1.54, 1.807) is 6.92 Å². The molecule has 0 fully saturated rings. The molecular formula is C19H19N3O3. The van der Waals surface area contributed by atoms with Crippen LogP contribution in [0.15, 0.2) is 59.1 Å². The van der Waals surface area contributed by atoms with E-state index in [0.717, 1.165) is 11.3 Å². The predicted octanol–water partition coefficient (Wildman–Crippen LogP) is 3.84. The van der Waals surface area contributed by atoms with Gasteiger partial charge in [-0.1, -0.05) is 29.4 Å². The maximum absolute atomic E-state index is 12.1. The van der Waals surface area contributed by atoms with Crippen LogP contribution in [-0.2, 0) is 4.79 Å². The number of nitrogens with zero attached hydrogens (tertiary/aromatic N) is 2. The average Bonchev–Trinajstić information content (AvgIpc) is 3.06. The Morgan fingerprint density at radius 2 is 2.00 bits per heavy atom. The summed E-state index contributed by atoms with van der Waals surface area (Å²) in [4.78, 5) is 16.2. The van der Waals surface area contributed by atoms with Gasteiger partial charge >= 0.3 is 0 Å². The normalized spacial score (nSPS) is 10.4. The molecule has 128 valence electrons. The van der Waals surface area contributed by atoms with Crippen LogP contribution in [0, 0.1) is 6.92 Å². The van der Waals surface area contributed by atoms with Crippen molar-refractivity contribution in [3.63, 3.8) is 0 Å². The molecule has 0 aliphatic heterocycles. The number of rotatable bonds is 7.